The van der Waals surface area contributed by atoms with Gasteiger partial charge in [0.2, 0.25) is 5.91 Å². The van der Waals surface area contributed by atoms with E-state index >= 15 is 0 Å². The van der Waals surface area contributed by atoms with Crippen molar-refractivity contribution in [2.24, 2.45) is 0 Å². The van der Waals surface area contributed by atoms with Crippen LogP contribution < -0.4 is 10.6 Å². The van der Waals surface area contributed by atoms with Crippen LogP contribution in [0, 0.1) is 0 Å². The van der Waals surface area contributed by atoms with E-state index in [1.165, 1.54) is 18.3 Å². The molecule has 0 saturated carbocycles. The Hall–Kier alpha value is -0.750. The first-order chi connectivity index (χ1) is 9.45. The summed E-state index contributed by atoms with van der Waals surface area (Å²) in [6.45, 7) is 2.10. The molecule has 0 aliphatic heterocycles. The average molecular weight is 394 g/mol. The van der Waals surface area contributed by atoms with Crippen molar-refractivity contribution >= 4 is 67.8 Å². The molecule has 20 heavy (non-hydrogen) atoms. The van der Waals surface area contributed by atoms with Crippen molar-refractivity contribution in [3.05, 3.63) is 43.0 Å². The fourth-order valence-electron chi connectivity index (χ4n) is 1.58. The van der Waals surface area contributed by atoms with E-state index in [4.69, 9.17) is 23.2 Å². The van der Waals surface area contributed by atoms with Gasteiger partial charge < -0.3 is 10.6 Å². The first-order valence-electron chi connectivity index (χ1n) is 5.70. The van der Waals surface area contributed by atoms with Crippen molar-refractivity contribution in [2.75, 3.05) is 10.6 Å². The maximum absolute atomic E-state index is 11.0. The van der Waals surface area contributed by atoms with Crippen molar-refractivity contribution in [1.82, 2.24) is 0 Å². The molecular weight excluding hydrogens is 383 g/mol. The number of hydrogen-bond donors (Lipinski definition) is 2. The fraction of sp³-hybridized carbons (Fsp3) is 0.154. The van der Waals surface area contributed by atoms with Crippen LogP contribution in [0.3, 0.4) is 0 Å². The smallest absolute Gasteiger partial charge is 0.221 e. The van der Waals surface area contributed by atoms with Gasteiger partial charge in [-0.3, -0.25) is 4.79 Å². The molecular formula is C13H11BrCl2N2OS. The molecule has 0 spiro atoms. The van der Waals surface area contributed by atoms with Gasteiger partial charge in [0.15, 0.2) is 0 Å². The summed E-state index contributed by atoms with van der Waals surface area (Å²) in [6, 6.07) is 7.38. The first kappa shape index (κ1) is 15.6. The van der Waals surface area contributed by atoms with E-state index in [2.05, 4.69) is 26.6 Å². The van der Waals surface area contributed by atoms with Gasteiger partial charge in [0.05, 0.1) is 10.7 Å². The zero-order chi connectivity index (χ0) is 14.7. The molecule has 1 amide bonds. The van der Waals surface area contributed by atoms with Crippen LogP contribution in [0.1, 0.15) is 11.8 Å². The van der Waals surface area contributed by atoms with Crippen LogP contribution in [0.25, 0.3) is 0 Å². The van der Waals surface area contributed by atoms with Crippen LogP contribution in [0.4, 0.5) is 11.4 Å². The maximum atomic E-state index is 11.0. The number of nitrogens with one attached hydrogen (secondary N) is 2. The van der Waals surface area contributed by atoms with Crippen molar-refractivity contribution < 1.29 is 4.79 Å². The molecule has 1 heterocycles. The number of anilines is 2. The number of carbonyl (C=O) groups excluding carboxylic acids is 1. The predicted molar refractivity (Wildman–Crippen MR) is 90.1 cm³/mol. The SMILES string of the molecule is CC(=O)Nc1ccc(NCc2cc(Br)c(Cl)s2)cc1Cl. The minimum Gasteiger partial charge on any atom is -0.380 e. The molecule has 0 aliphatic rings. The Morgan fingerprint density at radius 1 is 1.35 bits per heavy atom. The quantitative estimate of drug-likeness (QED) is 0.731. The number of thiophene rings is 1. The van der Waals surface area contributed by atoms with Gasteiger partial charge in [-0.25, -0.2) is 0 Å². The van der Waals surface area contributed by atoms with E-state index in [0.29, 0.717) is 17.3 Å². The highest BCUT2D eigenvalue weighted by Crippen LogP contribution is 2.32. The molecule has 0 aliphatic carbocycles. The summed E-state index contributed by atoms with van der Waals surface area (Å²) in [5.41, 5.74) is 1.48. The highest BCUT2D eigenvalue weighted by Gasteiger charge is 2.06. The Labute approximate surface area is 139 Å². The Bertz CT molecular complexity index is 626. The Balaban J connectivity index is 2.03. The minimum atomic E-state index is -0.148. The molecule has 0 bridgehead atoms. The minimum absolute atomic E-state index is 0.148. The van der Waals surface area contributed by atoms with Gasteiger partial charge in [0.1, 0.15) is 4.34 Å². The summed E-state index contributed by atoms with van der Waals surface area (Å²) in [7, 11) is 0. The van der Waals surface area contributed by atoms with Crippen molar-refractivity contribution in [1.29, 1.82) is 0 Å². The van der Waals surface area contributed by atoms with E-state index in [-0.39, 0.29) is 5.91 Å². The van der Waals surface area contributed by atoms with Crippen LogP contribution in [0.15, 0.2) is 28.7 Å². The molecule has 0 radical (unpaired) electrons. The molecule has 106 valence electrons. The number of amides is 1. The Morgan fingerprint density at radius 3 is 2.65 bits per heavy atom. The topological polar surface area (TPSA) is 41.1 Å². The highest BCUT2D eigenvalue weighted by molar-refractivity contribution is 9.10. The van der Waals surface area contributed by atoms with E-state index in [1.807, 2.05) is 12.1 Å². The summed E-state index contributed by atoms with van der Waals surface area (Å²) in [5, 5.41) is 6.42. The molecule has 2 rings (SSSR count). The Kier molecular flexibility index (Phi) is 5.32. The lowest BCUT2D eigenvalue weighted by molar-refractivity contribution is -0.114. The summed E-state index contributed by atoms with van der Waals surface area (Å²) in [4.78, 5) is 12.1. The molecule has 1 aromatic heterocycles. The normalized spacial score (nSPS) is 10.4. The fourth-order valence-corrected chi connectivity index (χ4v) is 3.54. The number of carbonyl (C=O) groups is 1. The number of hydrogen-bond acceptors (Lipinski definition) is 3. The number of benzene rings is 1. The van der Waals surface area contributed by atoms with E-state index in [0.717, 1.165) is 19.4 Å². The molecule has 2 N–H and O–H groups in total. The lowest BCUT2D eigenvalue weighted by Crippen LogP contribution is -2.06. The molecule has 3 nitrogen and oxygen atoms in total. The molecule has 2 aromatic rings. The summed E-state index contributed by atoms with van der Waals surface area (Å²) in [5.74, 6) is -0.148. The third-order valence-corrected chi connectivity index (χ3v) is 5.23. The predicted octanol–water partition coefficient (Wildman–Crippen LogP) is 5.39. The van der Waals surface area contributed by atoms with Gasteiger partial charge in [-0.15, -0.1) is 11.3 Å². The lowest BCUT2D eigenvalue weighted by Gasteiger charge is -2.09. The van der Waals surface area contributed by atoms with E-state index in [1.54, 1.807) is 12.1 Å². The summed E-state index contributed by atoms with van der Waals surface area (Å²) < 4.78 is 1.64. The largest absolute Gasteiger partial charge is 0.380 e. The molecule has 0 saturated heterocycles. The zero-order valence-electron chi connectivity index (χ0n) is 10.5. The van der Waals surface area contributed by atoms with Gasteiger partial charge in [-0.2, -0.15) is 0 Å². The summed E-state index contributed by atoms with van der Waals surface area (Å²) in [6.07, 6.45) is 0. The van der Waals surface area contributed by atoms with Crippen LogP contribution in [-0.4, -0.2) is 5.91 Å². The molecule has 7 heteroatoms. The zero-order valence-corrected chi connectivity index (χ0v) is 14.4. The second-order valence-corrected chi connectivity index (χ2v) is 7.06. The van der Waals surface area contributed by atoms with E-state index < -0.39 is 0 Å². The third-order valence-electron chi connectivity index (χ3n) is 2.44. The monoisotopic (exact) mass is 392 g/mol. The van der Waals surface area contributed by atoms with Crippen LogP contribution in [0.2, 0.25) is 9.36 Å². The van der Waals surface area contributed by atoms with Crippen LogP contribution in [-0.2, 0) is 11.3 Å². The first-order valence-corrected chi connectivity index (χ1v) is 8.07. The standard InChI is InChI=1S/C13H11BrCl2N2OS/c1-7(19)18-12-3-2-8(4-11(12)15)17-6-9-5-10(14)13(16)20-9/h2-5,17H,6H2,1H3,(H,18,19). The van der Waals surface area contributed by atoms with Gasteiger partial charge in [0, 0.05) is 28.5 Å². The van der Waals surface area contributed by atoms with Crippen molar-refractivity contribution in [3.63, 3.8) is 0 Å². The van der Waals surface area contributed by atoms with Gasteiger partial charge >= 0.3 is 0 Å². The average Bonchev–Trinajstić information content (AvgIpc) is 2.69. The van der Waals surface area contributed by atoms with Gasteiger partial charge in [-0.05, 0) is 40.2 Å². The molecule has 0 fully saturated rings. The third kappa shape index (κ3) is 4.12. The molecule has 1 aromatic carbocycles. The van der Waals surface area contributed by atoms with Gasteiger partial charge in [-0.1, -0.05) is 23.2 Å². The summed E-state index contributed by atoms with van der Waals surface area (Å²) >= 11 is 17.0. The number of rotatable bonds is 4. The van der Waals surface area contributed by atoms with Gasteiger partial charge in [0.25, 0.3) is 0 Å². The highest BCUT2D eigenvalue weighted by atomic mass is 79.9. The van der Waals surface area contributed by atoms with E-state index in [9.17, 15) is 4.79 Å². The van der Waals surface area contributed by atoms with Crippen molar-refractivity contribution in [2.45, 2.75) is 13.5 Å². The number of halogens is 3. The molecule has 0 unspecified atom stereocenters. The lowest BCUT2D eigenvalue weighted by atomic mass is 10.2. The van der Waals surface area contributed by atoms with Crippen molar-refractivity contribution in [3.8, 4) is 0 Å². The Morgan fingerprint density at radius 2 is 2.10 bits per heavy atom. The van der Waals surface area contributed by atoms with Crippen LogP contribution >= 0.6 is 50.5 Å². The second-order valence-electron chi connectivity index (χ2n) is 4.06. The molecule has 0 atom stereocenters. The maximum Gasteiger partial charge on any atom is 0.221 e. The van der Waals surface area contributed by atoms with Crippen LogP contribution in [0.5, 0.6) is 0 Å². The second kappa shape index (κ2) is 6.80.